The second kappa shape index (κ2) is 13.7. The normalized spacial score (nSPS) is 16.2. The number of aliphatic hydroxyl groups is 1. The van der Waals surface area contributed by atoms with Gasteiger partial charge in [0.05, 0.1) is 6.61 Å². The summed E-state index contributed by atoms with van der Waals surface area (Å²) in [4.78, 5) is 18.7. The maximum Gasteiger partial charge on any atom is 0.266 e. The van der Waals surface area contributed by atoms with Crippen LogP contribution >= 0.6 is 0 Å². The van der Waals surface area contributed by atoms with Crippen LogP contribution in [0.4, 0.5) is 0 Å². The Morgan fingerprint density at radius 2 is 1.49 bits per heavy atom. The highest BCUT2D eigenvalue weighted by molar-refractivity contribution is 6.00. The lowest BCUT2D eigenvalue weighted by atomic mass is 9.91. The van der Waals surface area contributed by atoms with Gasteiger partial charge in [-0.25, -0.2) is 10.4 Å². The summed E-state index contributed by atoms with van der Waals surface area (Å²) in [7, 11) is 0. The standard InChI is InChI=1S/C34H35N3O4/c38-21-10-22-40-30-19-17-29(18-20-30)32-36-34(25-41-32,23-26-11-4-1-5-12-26)33(39)37-35-24-31(27-13-6-2-7-14-27)28-15-8-3-9-16-28/h1-9,11-20,31,35,38H,10,21-25H2,(H,37,39)/t34-/m0/s1. The molecule has 1 amide bonds. The number of ether oxygens (including phenoxy) is 2. The molecule has 1 aliphatic rings. The Labute approximate surface area is 240 Å². The third-order valence-electron chi connectivity index (χ3n) is 7.11. The first-order valence-electron chi connectivity index (χ1n) is 13.9. The van der Waals surface area contributed by atoms with Crippen molar-refractivity contribution in [2.45, 2.75) is 24.3 Å². The number of aliphatic imine (C=N–C) groups is 1. The molecule has 4 aromatic rings. The third-order valence-corrected chi connectivity index (χ3v) is 7.11. The molecule has 0 bridgehead atoms. The van der Waals surface area contributed by atoms with E-state index in [4.69, 9.17) is 19.6 Å². The molecule has 0 saturated heterocycles. The first kappa shape index (κ1) is 28.1. The highest BCUT2D eigenvalue weighted by Gasteiger charge is 2.44. The van der Waals surface area contributed by atoms with Gasteiger partial charge in [-0.1, -0.05) is 91.0 Å². The summed E-state index contributed by atoms with van der Waals surface area (Å²) in [6, 6.07) is 37.8. The summed E-state index contributed by atoms with van der Waals surface area (Å²) < 4.78 is 11.7. The Bertz CT molecular complexity index is 1370. The number of rotatable bonds is 13. The average molecular weight is 550 g/mol. The molecule has 7 nitrogen and oxygen atoms in total. The van der Waals surface area contributed by atoms with Gasteiger partial charge in [0, 0.05) is 37.5 Å². The summed E-state index contributed by atoms with van der Waals surface area (Å²) >= 11 is 0. The molecule has 1 aliphatic heterocycles. The molecular weight excluding hydrogens is 514 g/mol. The van der Waals surface area contributed by atoms with Gasteiger partial charge in [-0.3, -0.25) is 10.2 Å². The molecule has 0 aromatic heterocycles. The van der Waals surface area contributed by atoms with E-state index in [9.17, 15) is 4.79 Å². The van der Waals surface area contributed by atoms with Crippen LogP contribution in [0.25, 0.3) is 0 Å². The minimum atomic E-state index is -1.13. The molecule has 0 unspecified atom stereocenters. The zero-order chi connectivity index (χ0) is 28.3. The van der Waals surface area contributed by atoms with Crippen molar-refractivity contribution in [3.63, 3.8) is 0 Å². The molecule has 0 spiro atoms. The number of amides is 1. The lowest BCUT2D eigenvalue weighted by Gasteiger charge is -2.25. The van der Waals surface area contributed by atoms with Gasteiger partial charge in [-0.15, -0.1) is 0 Å². The van der Waals surface area contributed by atoms with E-state index in [1.807, 2.05) is 91.0 Å². The van der Waals surface area contributed by atoms with Crippen LogP contribution in [-0.2, 0) is 16.0 Å². The third kappa shape index (κ3) is 7.20. The number of benzene rings is 4. The molecular formula is C34H35N3O4. The first-order valence-corrected chi connectivity index (χ1v) is 13.9. The Balaban J connectivity index is 1.33. The molecule has 0 radical (unpaired) electrons. The second-order valence-electron chi connectivity index (χ2n) is 10.1. The van der Waals surface area contributed by atoms with Gasteiger partial charge in [0.25, 0.3) is 5.91 Å². The van der Waals surface area contributed by atoms with Crippen LogP contribution in [-0.4, -0.2) is 48.8 Å². The van der Waals surface area contributed by atoms with Crippen molar-refractivity contribution in [1.82, 2.24) is 10.9 Å². The fourth-order valence-electron chi connectivity index (χ4n) is 4.91. The number of carbonyl (C=O) groups is 1. The van der Waals surface area contributed by atoms with Crippen LogP contribution in [0.3, 0.4) is 0 Å². The fraction of sp³-hybridized carbons (Fsp3) is 0.235. The topological polar surface area (TPSA) is 92.2 Å². The molecule has 4 aromatic carbocycles. The van der Waals surface area contributed by atoms with E-state index < -0.39 is 5.54 Å². The van der Waals surface area contributed by atoms with Crippen molar-refractivity contribution in [2.75, 3.05) is 26.4 Å². The van der Waals surface area contributed by atoms with Crippen molar-refractivity contribution >= 4 is 11.8 Å². The van der Waals surface area contributed by atoms with Gasteiger partial charge in [0.1, 0.15) is 12.4 Å². The smallest absolute Gasteiger partial charge is 0.266 e. The van der Waals surface area contributed by atoms with Gasteiger partial charge in [0.2, 0.25) is 5.90 Å². The first-order chi connectivity index (χ1) is 20.2. The quantitative estimate of drug-likeness (QED) is 0.167. The lowest BCUT2D eigenvalue weighted by Crippen LogP contribution is -2.53. The van der Waals surface area contributed by atoms with Crippen molar-refractivity contribution in [3.05, 3.63) is 138 Å². The molecule has 41 heavy (non-hydrogen) atoms. The van der Waals surface area contributed by atoms with Gasteiger partial charge in [0.15, 0.2) is 5.54 Å². The maximum absolute atomic E-state index is 13.8. The van der Waals surface area contributed by atoms with Crippen molar-refractivity contribution in [3.8, 4) is 5.75 Å². The van der Waals surface area contributed by atoms with Crippen LogP contribution in [0.5, 0.6) is 5.75 Å². The number of hydrogen-bond donors (Lipinski definition) is 3. The van der Waals surface area contributed by atoms with E-state index in [2.05, 4.69) is 35.1 Å². The highest BCUT2D eigenvalue weighted by atomic mass is 16.5. The number of nitrogens with one attached hydrogen (secondary N) is 2. The second-order valence-corrected chi connectivity index (χ2v) is 10.1. The van der Waals surface area contributed by atoms with Gasteiger partial charge >= 0.3 is 0 Å². The largest absolute Gasteiger partial charge is 0.494 e. The lowest BCUT2D eigenvalue weighted by molar-refractivity contribution is -0.127. The maximum atomic E-state index is 13.8. The van der Waals surface area contributed by atoms with Crippen molar-refractivity contribution < 1.29 is 19.4 Å². The van der Waals surface area contributed by atoms with E-state index in [0.29, 0.717) is 37.6 Å². The molecule has 7 heteroatoms. The van der Waals surface area contributed by atoms with Crippen LogP contribution in [0.15, 0.2) is 120 Å². The van der Waals surface area contributed by atoms with Gasteiger partial charge in [-0.2, -0.15) is 0 Å². The number of nitrogens with zero attached hydrogens (tertiary/aromatic N) is 1. The Kier molecular flexibility index (Phi) is 9.41. The Hall–Kier alpha value is -4.46. The molecule has 5 rings (SSSR count). The molecule has 210 valence electrons. The SMILES string of the molecule is O=C(NNCC(c1ccccc1)c1ccccc1)[C@]1(Cc2ccccc2)COC(c2ccc(OCCCO)cc2)=N1. The Morgan fingerprint density at radius 1 is 0.878 bits per heavy atom. The average Bonchev–Trinajstić information content (AvgIpc) is 3.46. The van der Waals surface area contributed by atoms with Gasteiger partial charge < -0.3 is 14.6 Å². The van der Waals surface area contributed by atoms with E-state index in [0.717, 1.165) is 22.3 Å². The van der Waals surface area contributed by atoms with E-state index in [1.54, 1.807) is 0 Å². The van der Waals surface area contributed by atoms with Crippen LogP contribution < -0.4 is 15.6 Å². The predicted octanol–water partition coefficient (Wildman–Crippen LogP) is 4.66. The van der Waals surface area contributed by atoms with Crippen LogP contribution in [0, 0.1) is 0 Å². The van der Waals surface area contributed by atoms with Crippen LogP contribution in [0.1, 0.15) is 34.6 Å². The summed E-state index contributed by atoms with van der Waals surface area (Å²) in [5, 5.41) is 8.97. The fourth-order valence-corrected chi connectivity index (χ4v) is 4.91. The summed E-state index contributed by atoms with van der Waals surface area (Å²) in [5.41, 5.74) is 9.10. The predicted molar refractivity (Wildman–Crippen MR) is 160 cm³/mol. The number of hydrazine groups is 1. The number of hydrogen-bond acceptors (Lipinski definition) is 6. The van der Waals surface area contributed by atoms with Gasteiger partial charge in [-0.05, 0) is 41.0 Å². The molecule has 0 saturated carbocycles. The zero-order valence-electron chi connectivity index (χ0n) is 22.9. The van der Waals surface area contributed by atoms with E-state index in [-0.39, 0.29) is 25.0 Å². The van der Waals surface area contributed by atoms with Crippen LogP contribution in [0.2, 0.25) is 0 Å². The monoisotopic (exact) mass is 549 g/mol. The van der Waals surface area contributed by atoms with E-state index >= 15 is 0 Å². The molecule has 1 atom stereocenters. The molecule has 0 fully saturated rings. The van der Waals surface area contributed by atoms with Crippen molar-refractivity contribution in [2.24, 2.45) is 4.99 Å². The van der Waals surface area contributed by atoms with E-state index in [1.165, 1.54) is 0 Å². The zero-order valence-corrected chi connectivity index (χ0v) is 22.9. The number of carbonyl (C=O) groups excluding carboxylic acids is 1. The minimum Gasteiger partial charge on any atom is -0.494 e. The summed E-state index contributed by atoms with van der Waals surface area (Å²) in [5.74, 6) is 0.925. The molecule has 0 aliphatic carbocycles. The summed E-state index contributed by atoms with van der Waals surface area (Å²) in [6.45, 7) is 1.16. The molecule has 1 heterocycles. The highest BCUT2D eigenvalue weighted by Crippen LogP contribution is 2.28. The number of aliphatic hydroxyl groups excluding tert-OH is 1. The summed E-state index contributed by atoms with van der Waals surface area (Å²) in [6.07, 6.45) is 0.966. The minimum absolute atomic E-state index is 0.0553. The van der Waals surface area contributed by atoms with Crippen molar-refractivity contribution in [1.29, 1.82) is 0 Å². The Morgan fingerprint density at radius 3 is 2.10 bits per heavy atom. The molecule has 3 N–H and O–H groups in total.